The maximum absolute atomic E-state index is 12.1. The molecule has 1 fully saturated rings. The lowest BCUT2D eigenvalue weighted by atomic mass is 10.2. The van der Waals surface area contributed by atoms with E-state index in [9.17, 15) is 8.42 Å². The van der Waals surface area contributed by atoms with E-state index in [-0.39, 0.29) is 29.7 Å². The minimum atomic E-state index is -3.02. The third-order valence-corrected chi connectivity index (χ3v) is 6.76. The van der Waals surface area contributed by atoms with Gasteiger partial charge in [0.2, 0.25) is 0 Å². The number of sulfone groups is 1. The smallest absolute Gasteiger partial charge is 0.193 e. The zero-order valence-corrected chi connectivity index (χ0v) is 18.7. The van der Waals surface area contributed by atoms with Gasteiger partial charge >= 0.3 is 0 Å². The highest BCUT2D eigenvalue weighted by Crippen LogP contribution is 2.23. The van der Waals surface area contributed by atoms with Crippen LogP contribution < -0.4 is 5.32 Å². The van der Waals surface area contributed by atoms with Gasteiger partial charge in [-0.15, -0.1) is 24.0 Å². The lowest BCUT2D eigenvalue weighted by Gasteiger charge is -2.39. The van der Waals surface area contributed by atoms with E-state index in [0.717, 1.165) is 38.6 Å². The fourth-order valence-electron chi connectivity index (χ4n) is 2.56. The van der Waals surface area contributed by atoms with Crippen LogP contribution in [-0.2, 0) is 14.6 Å². The molecule has 7 nitrogen and oxygen atoms in total. The number of ether oxygens (including phenoxy) is 1. The summed E-state index contributed by atoms with van der Waals surface area (Å²) in [6, 6.07) is 0. The SMILES string of the molecule is CN=C(NCCCN(C)CCOC)N1CCS(=O)(=O)C(C)(C)C1.I. The van der Waals surface area contributed by atoms with Gasteiger partial charge in [0, 0.05) is 40.3 Å². The van der Waals surface area contributed by atoms with Crippen molar-refractivity contribution in [1.82, 2.24) is 15.1 Å². The van der Waals surface area contributed by atoms with Gasteiger partial charge in [-0.2, -0.15) is 0 Å². The van der Waals surface area contributed by atoms with Crippen molar-refractivity contribution in [3.8, 4) is 0 Å². The topological polar surface area (TPSA) is 74.2 Å². The van der Waals surface area contributed by atoms with E-state index in [1.807, 2.05) is 4.90 Å². The largest absolute Gasteiger partial charge is 0.383 e. The first-order valence-electron chi connectivity index (χ1n) is 8.09. The molecule has 24 heavy (non-hydrogen) atoms. The Hall–Kier alpha value is -0.130. The van der Waals surface area contributed by atoms with E-state index in [4.69, 9.17) is 4.74 Å². The van der Waals surface area contributed by atoms with Crippen LogP contribution in [0.4, 0.5) is 0 Å². The van der Waals surface area contributed by atoms with E-state index in [0.29, 0.717) is 13.1 Å². The second kappa shape index (κ2) is 10.8. The van der Waals surface area contributed by atoms with Gasteiger partial charge in [0.05, 0.1) is 17.1 Å². The summed E-state index contributed by atoms with van der Waals surface area (Å²) in [5, 5.41) is 3.34. The number of guanidine groups is 1. The molecule has 9 heteroatoms. The Bertz CT molecular complexity index is 497. The molecule has 0 spiro atoms. The first-order chi connectivity index (χ1) is 10.7. The number of hydrogen-bond acceptors (Lipinski definition) is 5. The Morgan fingerprint density at radius 2 is 2.04 bits per heavy atom. The lowest BCUT2D eigenvalue weighted by molar-refractivity contribution is 0.161. The summed E-state index contributed by atoms with van der Waals surface area (Å²) in [7, 11) is 2.50. The lowest BCUT2D eigenvalue weighted by Crippen LogP contribution is -2.57. The zero-order valence-electron chi connectivity index (χ0n) is 15.5. The second-order valence-electron chi connectivity index (χ2n) is 6.62. The average molecular weight is 476 g/mol. The maximum Gasteiger partial charge on any atom is 0.193 e. The highest BCUT2D eigenvalue weighted by Gasteiger charge is 2.40. The molecular formula is C15H33IN4O3S. The number of nitrogens with one attached hydrogen (secondary N) is 1. The first kappa shape index (κ1) is 23.9. The molecule has 0 radical (unpaired) electrons. The van der Waals surface area contributed by atoms with E-state index in [2.05, 4.69) is 22.3 Å². The molecule has 1 rings (SSSR count). The number of aliphatic imine (C=N–C) groups is 1. The van der Waals surface area contributed by atoms with Gasteiger partial charge in [-0.05, 0) is 33.9 Å². The number of rotatable bonds is 7. The summed E-state index contributed by atoms with van der Waals surface area (Å²) in [5.41, 5.74) is 0. The molecule has 1 aliphatic rings. The van der Waals surface area contributed by atoms with Crippen LogP contribution in [0.2, 0.25) is 0 Å². The molecule has 0 aliphatic carbocycles. The number of likely N-dealkylation sites (N-methyl/N-ethyl adjacent to an activating group) is 1. The predicted molar refractivity (Wildman–Crippen MR) is 110 cm³/mol. The molecule has 0 aromatic heterocycles. The summed E-state index contributed by atoms with van der Waals surface area (Å²) in [5.74, 6) is 0.966. The molecule has 1 heterocycles. The van der Waals surface area contributed by atoms with Crippen molar-refractivity contribution in [2.45, 2.75) is 25.0 Å². The number of methoxy groups -OCH3 is 1. The molecule has 0 bridgehead atoms. The molecule has 0 aromatic carbocycles. The van der Waals surface area contributed by atoms with Crippen molar-refractivity contribution in [2.24, 2.45) is 4.99 Å². The monoisotopic (exact) mass is 476 g/mol. The van der Waals surface area contributed by atoms with Crippen LogP contribution in [0.5, 0.6) is 0 Å². The van der Waals surface area contributed by atoms with Gasteiger partial charge in [0.1, 0.15) is 0 Å². The molecule has 1 N–H and O–H groups in total. The van der Waals surface area contributed by atoms with Crippen LogP contribution in [0.1, 0.15) is 20.3 Å². The van der Waals surface area contributed by atoms with Crippen molar-refractivity contribution in [3.63, 3.8) is 0 Å². The maximum atomic E-state index is 12.1. The number of hydrogen-bond donors (Lipinski definition) is 1. The molecule has 1 aliphatic heterocycles. The highest BCUT2D eigenvalue weighted by atomic mass is 127. The summed E-state index contributed by atoms with van der Waals surface area (Å²) in [6.07, 6.45) is 0.995. The molecule has 0 unspecified atom stereocenters. The van der Waals surface area contributed by atoms with Crippen LogP contribution in [0.3, 0.4) is 0 Å². The van der Waals surface area contributed by atoms with Crippen LogP contribution in [0, 0.1) is 0 Å². The van der Waals surface area contributed by atoms with Crippen LogP contribution in [0.25, 0.3) is 0 Å². The molecule has 144 valence electrons. The Morgan fingerprint density at radius 1 is 1.38 bits per heavy atom. The quantitative estimate of drug-likeness (QED) is 0.252. The van der Waals surface area contributed by atoms with Crippen molar-refractivity contribution in [1.29, 1.82) is 0 Å². The minimum absolute atomic E-state index is 0. The Kier molecular flexibility index (Phi) is 10.7. The van der Waals surface area contributed by atoms with Gasteiger partial charge in [-0.3, -0.25) is 4.99 Å². The summed E-state index contributed by atoms with van der Waals surface area (Å²) in [4.78, 5) is 8.56. The van der Waals surface area contributed by atoms with Crippen molar-refractivity contribution in [3.05, 3.63) is 0 Å². The fourth-order valence-corrected chi connectivity index (χ4v) is 3.93. The van der Waals surface area contributed by atoms with E-state index < -0.39 is 14.6 Å². The molecule has 1 saturated heterocycles. The Labute approximate surface area is 164 Å². The normalized spacial score (nSPS) is 19.9. The zero-order chi connectivity index (χ0) is 17.5. The second-order valence-corrected chi connectivity index (χ2v) is 9.37. The fraction of sp³-hybridized carbons (Fsp3) is 0.933. The minimum Gasteiger partial charge on any atom is -0.383 e. The number of halogens is 1. The molecular weight excluding hydrogens is 443 g/mol. The first-order valence-corrected chi connectivity index (χ1v) is 9.74. The Balaban J connectivity index is 0.00000529. The molecule has 0 aromatic rings. The molecule has 0 saturated carbocycles. The van der Waals surface area contributed by atoms with E-state index >= 15 is 0 Å². The van der Waals surface area contributed by atoms with E-state index in [1.54, 1.807) is 28.0 Å². The van der Waals surface area contributed by atoms with Crippen molar-refractivity contribution in [2.75, 3.05) is 66.3 Å². The standard InChI is InChI=1S/C15H32N4O3S.HI/c1-15(2)13-19(10-12-23(15,20)21)14(16-3)17-7-6-8-18(4)9-11-22-5;/h6-13H2,1-5H3,(H,16,17);1H. The predicted octanol–water partition coefficient (Wildman–Crippen LogP) is 0.657. The summed E-state index contributed by atoms with van der Waals surface area (Å²) in [6.45, 7) is 7.99. The third-order valence-electron chi connectivity index (χ3n) is 4.23. The van der Waals surface area contributed by atoms with Crippen LogP contribution >= 0.6 is 24.0 Å². The van der Waals surface area contributed by atoms with E-state index in [1.165, 1.54) is 0 Å². The summed E-state index contributed by atoms with van der Waals surface area (Å²) >= 11 is 0. The van der Waals surface area contributed by atoms with Crippen molar-refractivity contribution < 1.29 is 13.2 Å². The average Bonchev–Trinajstić information content (AvgIpc) is 2.48. The third kappa shape index (κ3) is 7.01. The van der Waals surface area contributed by atoms with Gasteiger partial charge in [-0.1, -0.05) is 0 Å². The van der Waals surface area contributed by atoms with Crippen LogP contribution in [0.15, 0.2) is 4.99 Å². The van der Waals surface area contributed by atoms with Gasteiger partial charge in [-0.25, -0.2) is 8.42 Å². The Morgan fingerprint density at radius 3 is 2.58 bits per heavy atom. The number of nitrogens with zero attached hydrogens (tertiary/aromatic N) is 3. The van der Waals surface area contributed by atoms with Gasteiger partial charge in [0.15, 0.2) is 15.8 Å². The molecule has 0 amide bonds. The van der Waals surface area contributed by atoms with Gasteiger partial charge < -0.3 is 19.9 Å². The summed E-state index contributed by atoms with van der Waals surface area (Å²) < 4.78 is 28.5. The molecule has 0 atom stereocenters. The van der Waals surface area contributed by atoms with Gasteiger partial charge in [0.25, 0.3) is 0 Å². The van der Waals surface area contributed by atoms with Crippen molar-refractivity contribution >= 4 is 39.8 Å². The highest BCUT2D eigenvalue weighted by molar-refractivity contribution is 14.0. The van der Waals surface area contributed by atoms with Crippen LogP contribution in [-0.4, -0.2) is 95.2 Å².